The average molecular weight is 252 g/mol. The Morgan fingerprint density at radius 2 is 2.12 bits per heavy atom. The van der Waals surface area contributed by atoms with Crippen molar-refractivity contribution in [1.29, 1.82) is 0 Å². The summed E-state index contributed by atoms with van der Waals surface area (Å²) < 4.78 is 0. The van der Waals surface area contributed by atoms with E-state index in [1.807, 2.05) is 12.1 Å². The zero-order valence-corrected chi connectivity index (χ0v) is 10.7. The van der Waals surface area contributed by atoms with E-state index in [0.29, 0.717) is 0 Å². The minimum absolute atomic E-state index is 0.804. The molecule has 0 saturated heterocycles. The lowest BCUT2D eigenvalue weighted by atomic mass is 10.1. The van der Waals surface area contributed by atoms with Gasteiger partial charge in [0.05, 0.1) is 0 Å². The van der Waals surface area contributed by atoms with Crippen LogP contribution >= 0.6 is 22.9 Å². The molecular weight excluding hydrogens is 238 g/mol. The molecule has 0 radical (unpaired) electrons. The van der Waals surface area contributed by atoms with E-state index >= 15 is 0 Å². The van der Waals surface area contributed by atoms with Crippen LogP contribution in [0.5, 0.6) is 0 Å². The predicted molar refractivity (Wildman–Crippen MR) is 71.1 cm³/mol. The van der Waals surface area contributed by atoms with Gasteiger partial charge >= 0.3 is 0 Å². The fraction of sp³-hybridized carbons (Fsp3) is 0.231. The van der Waals surface area contributed by atoms with Crippen LogP contribution in [0.3, 0.4) is 0 Å². The van der Waals surface area contributed by atoms with Crippen molar-refractivity contribution >= 4 is 22.9 Å². The molecule has 0 saturated carbocycles. The first-order valence-electron chi connectivity index (χ1n) is 5.24. The smallest absolute Gasteiger partial charge is 0.0409 e. The second-order valence-corrected chi connectivity index (χ2v) is 5.22. The van der Waals surface area contributed by atoms with Crippen LogP contribution in [0.1, 0.15) is 16.0 Å². The van der Waals surface area contributed by atoms with Crippen molar-refractivity contribution < 1.29 is 0 Å². The van der Waals surface area contributed by atoms with E-state index in [1.54, 1.807) is 11.3 Å². The molecule has 2 rings (SSSR count). The molecule has 1 aromatic carbocycles. The standard InChI is InChI=1S/C13H14ClNS/c1-10-4-5-12(14)7-11(10)8-15-9-13-3-2-6-16-13/h2-7,15H,8-9H2,1H3. The van der Waals surface area contributed by atoms with Crippen LogP contribution in [0.15, 0.2) is 35.7 Å². The Balaban J connectivity index is 1.92. The Kier molecular flexibility index (Phi) is 3.99. The number of benzene rings is 1. The quantitative estimate of drug-likeness (QED) is 0.866. The topological polar surface area (TPSA) is 12.0 Å². The van der Waals surface area contributed by atoms with Gasteiger partial charge in [-0.15, -0.1) is 11.3 Å². The van der Waals surface area contributed by atoms with Crippen LogP contribution in [0.2, 0.25) is 5.02 Å². The van der Waals surface area contributed by atoms with Gasteiger partial charge in [0.25, 0.3) is 0 Å². The maximum absolute atomic E-state index is 5.97. The highest BCUT2D eigenvalue weighted by atomic mass is 35.5. The Labute approximate surface area is 105 Å². The molecule has 1 heterocycles. The Hall–Kier alpha value is -0.830. The lowest BCUT2D eigenvalue weighted by molar-refractivity contribution is 0.698. The first-order valence-corrected chi connectivity index (χ1v) is 6.49. The summed E-state index contributed by atoms with van der Waals surface area (Å²) in [5.74, 6) is 0. The minimum atomic E-state index is 0.804. The first kappa shape index (κ1) is 11.6. The monoisotopic (exact) mass is 251 g/mol. The summed E-state index contributed by atoms with van der Waals surface area (Å²) >= 11 is 7.75. The lowest BCUT2D eigenvalue weighted by Gasteiger charge is -2.07. The zero-order chi connectivity index (χ0) is 11.4. The van der Waals surface area contributed by atoms with Gasteiger partial charge in [0.2, 0.25) is 0 Å². The van der Waals surface area contributed by atoms with Crippen LogP contribution in [0.25, 0.3) is 0 Å². The highest BCUT2D eigenvalue weighted by Gasteiger charge is 1.99. The van der Waals surface area contributed by atoms with Gasteiger partial charge in [-0.2, -0.15) is 0 Å². The molecule has 1 N–H and O–H groups in total. The van der Waals surface area contributed by atoms with Gasteiger partial charge in [-0.3, -0.25) is 0 Å². The number of hydrogen-bond donors (Lipinski definition) is 1. The van der Waals surface area contributed by atoms with E-state index in [0.717, 1.165) is 18.1 Å². The molecule has 0 aliphatic heterocycles. The molecule has 1 aromatic heterocycles. The molecule has 0 amide bonds. The van der Waals surface area contributed by atoms with Crippen molar-refractivity contribution in [2.45, 2.75) is 20.0 Å². The highest BCUT2D eigenvalue weighted by Crippen LogP contribution is 2.15. The molecule has 16 heavy (non-hydrogen) atoms. The second-order valence-electron chi connectivity index (χ2n) is 3.75. The normalized spacial score (nSPS) is 10.6. The molecule has 0 spiro atoms. The lowest BCUT2D eigenvalue weighted by Crippen LogP contribution is -2.12. The summed E-state index contributed by atoms with van der Waals surface area (Å²) in [4.78, 5) is 1.36. The molecule has 2 aromatic rings. The third kappa shape index (κ3) is 3.08. The molecule has 84 valence electrons. The molecule has 0 aliphatic rings. The molecule has 0 atom stereocenters. The molecule has 3 heteroatoms. The third-order valence-corrected chi connectivity index (χ3v) is 3.62. The zero-order valence-electron chi connectivity index (χ0n) is 9.16. The molecule has 0 aliphatic carbocycles. The van der Waals surface area contributed by atoms with E-state index in [9.17, 15) is 0 Å². The minimum Gasteiger partial charge on any atom is -0.308 e. The van der Waals surface area contributed by atoms with Crippen LogP contribution in [0.4, 0.5) is 0 Å². The maximum atomic E-state index is 5.97. The number of thiophene rings is 1. The molecule has 0 fully saturated rings. The SMILES string of the molecule is Cc1ccc(Cl)cc1CNCc1cccs1. The number of hydrogen-bond acceptors (Lipinski definition) is 2. The fourth-order valence-corrected chi connectivity index (χ4v) is 2.43. The largest absolute Gasteiger partial charge is 0.308 e. The van der Waals surface area contributed by atoms with E-state index in [2.05, 4.69) is 35.8 Å². The van der Waals surface area contributed by atoms with Crippen LogP contribution in [-0.4, -0.2) is 0 Å². The van der Waals surface area contributed by atoms with Gasteiger partial charge in [0, 0.05) is 23.0 Å². The number of aryl methyl sites for hydroxylation is 1. The summed E-state index contributed by atoms with van der Waals surface area (Å²) in [5, 5.41) is 6.33. The molecule has 1 nitrogen and oxygen atoms in total. The molecule has 0 bridgehead atoms. The molecule has 0 unspecified atom stereocenters. The summed E-state index contributed by atoms with van der Waals surface area (Å²) in [5.41, 5.74) is 2.55. The van der Waals surface area contributed by atoms with Crippen molar-refractivity contribution in [3.63, 3.8) is 0 Å². The van der Waals surface area contributed by atoms with E-state index < -0.39 is 0 Å². The number of rotatable bonds is 4. The Bertz CT molecular complexity index is 451. The van der Waals surface area contributed by atoms with Crippen molar-refractivity contribution in [3.05, 3.63) is 56.7 Å². The summed E-state index contributed by atoms with van der Waals surface area (Å²) in [6.07, 6.45) is 0. The van der Waals surface area contributed by atoms with Gasteiger partial charge < -0.3 is 5.32 Å². The Morgan fingerprint density at radius 3 is 2.88 bits per heavy atom. The van der Waals surface area contributed by atoms with E-state index in [-0.39, 0.29) is 0 Å². The van der Waals surface area contributed by atoms with Crippen molar-refractivity contribution in [2.24, 2.45) is 0 Å². The van der Waals surface area contributed by atoms with Crippen molar-refractivity contribution in [1.82, 2.24) is 5.32 Å². The van der Waals surface area contributed by atoms with Gasteiger partial charge in [0.1, 0.15) is 0 Å². The van der Waals surface area contributed by atoms with E-state index in [1.165, 1.54) is 16.0 Å². The summed E-state index contributed by atoms with van der Waals surface area (Å²) in [6.45, 7) is 3.90. The van der Waals surface area contributed by atoms with Gasteiger partial charge in [-0.05, 0) is 41.6 Å². The summed E-state index contributed by atoms with van der Waals surface area (Å²) in [6, 6.07) is 10.2. The average Bonchev–Trinajstić information content (AvgIpc) is 2.76. The van der Waals surface area contributed by atoms with Gasteiger partial charge in [0.15, 0.2) is 0 Å². The number of halogens is 1. The van der Waals surface area contributed by atoms with Crippen LogP contribution in [-0.2, 0) is 13.1 Å². The maximum Gasteiger partial charge on any atom is 0.0409 e. The first-order chi connectivity index (χ1) is 7.75. The third-order valence-electron chi connectivity index (χ3n) is 2.51. The predicted octanol–water partition coefficient (Wildman–Crippen LogP) is 4.00. The fourth-order valence-electron chi connectivity index (χ4n) is 1.56. The molecular formula is C13H14ClNS. The van der Waals surface area contributed by atoms with Crippen molar-refractivity contribution in [3.8, 4) is 0 Å². The van der Waals surface area contributed by atoms with Crippen LogP contribution < -0.4 is 5.32 Å². The van der Waals surface area contributed by atoms with Gasteiger partial charge in [-0.1, -0.05) is 23.7 Å². The highest BCUT2D eigenvalue weighted by molar-refractivity contribution is 7.09. The van der Waals surface area contributed by atoms with Gasteiger partial charge in [-0.25, -0.2) is 0 Å². The van der Waals surface area contributed by atoms with Crippen LogP contribution in [0, 0.1) is 6.92 Å². The van der Waals surface area contributed by atoms with E-state index in [4.69, 9.17) is 11.6 Å². The van der Waals surface area contributed by atoms with Crippen molar-refractivity contribution in [2.75, 3.05) is 0 Å². The Morgan fingerprint density at radius 1 is 1.25 bits per heavy atom. The summed E-state index contributed by atoms with van der Waals surface area (Å²) in [7, 11) is 0. The second kappa shape index (κ2) is 5.48. The number of nitrogens with one attached hydrogen (secondary N) is 1.